The summed E-state index contributed by atoms with van der Waals surface area (Å²) in [5.41, 5.74) is -3.40. The van der Waals surface area contributed by atoms with Crippen molar-refractivity contribution in [1.29, 1.82) is 0 Å². The highest BCUT2D eigenvalue weighted by molar-refractivity contribution is 5.48. The van der Waals surface area contributed by atoms with Gasteiger partial charge in [-0.25, -0.2) is 35.1 Å². The fourth-order valence-electron chi connectivity index (χ4n) is 3.96. The Morgan fingerprint density at radius 3 is 1.70 bits per heavy atom. The van der Waals surface area contributed by atoms with E-state index in [1.165, 1.54) is 0 Å². The maximum atomic E-state index is 14.8. The van der Waals surface area contributed by atoms with Crippen molar-refractivity contribution in [1.82, 2.24) is 0 Å². The van der Waals surface area contributed by atoms with Crippen molar-refractivity contribution >= 4 is 0 Å². The minimum absolute atomic E-state index is 0.345. The number of ether oxygens (including phenoxy) is 1. The average molecular weight is 620 g/mol. The molecule has 0 heterocycles. The second kappa shape index (κ2) is 13.2. The molecule has 0 saturated heterocycles. The smallest absolute Gasteiger partial charge is 0.429 e. The summed E-state index contributed by atoms with van der Waals surface area (Å²) in [5, 5.41) is 0. The van der Waals surface area contributed by atoms with Gasteiger partial charge in [-0.2, -0.15) is 8.78 Å². The lowest BCUT2D eigenvalue weighted by atomic mass is 10.0. The van der Waals surface area contributed by atoms with E-state index in [-0.39, 0.29) is 5.56 Å². The van der Waals surface area contributed by atoms with E-state index in [4.69, 9.17) is 0 Å². The molecule has 0 aliphatic heterocycles. The molecule has 4 aromatic carbocycles. The van der Waals surface area contributed by atoms with Crippen LogP contribution in [0.3, 0.4) is 0 Å². The van der Waals surface area contributed by atoms with Gasteiger partial charge in [0.05, 0.1) is 11.1 Å². The van der Waals surface area contributed by atoms with Gasteiger partial charge < -0.3 is 4.74 Å². The molecule has 0 saturated carbocycles. The van der Waals surface area contributed by atoms with Gasteiger partial charge in [-0.15, -0.1) is 0 Å². The number of hydrogen-bond acceptors (Lipinski definition) is 1. The van der Waals surface area contributed by atoms with E-state index in [0.717, 1.165) is 30.7 Å². The highest BCUT2D eigenvalue weighted by Crippen LogP contribution is 2.36. The monoisotopic (exact) mass is 620 g/mol. The normalized spacial score (nSPS) is 11.0. The number of alkyl halides is 2. The van der Waals surface area contributed by atoms with Crippen LogP contribution < -0.4 is 4.74 Å². The van der Waals surface area contributed by atoms with Gasteiger partial charge in [0, 0.05) is 17.2 Å². The Hall–Kier alpha value is -4.90. The molecule has 44 heavy (non-hydrogen) atoms. The Kier molecular flexibility index (Phi) is 9.59. The molecule has 0 unspecified atom stereocenters. The second-order valence-electron chi connectivity index (χ2n) is 9.37. The first kappa shape index (κ1) is 32.0. The average Bonchev–Trinajstić information content (AvgIpc) is 2.93. The molecule has 0 N–H and O–H groups in total. The minimum atomic E-state index is -4.67. The summed E-state index contributed by atoms with van der Waals surface area (Å²) in [4.78, 5) is 0. The zero-order valence-electron chi connectivity index (χ0n) is 22.5. The van der Waals surface area contributed by atoms with Crippen LogP contribution in [0.4, 0.5) is 43.9 Å². The van der Waals surface area contributed by atoms with E-state index >= 15 is 0 Å². The predicted molar refractivity (Wildman–Crippen MR) is 141 cm³/mol. The van der Waals surface area contributed by atoms with Gasteiger partial charge in [0.2, 0.25) is 0 Å². The van der Waals surface area contributed by atoms with Crippen molar-refractivity contribution in [2.24, 2.45) is 0 Å². The van der Waals surface area contributed by atoms with Crippen LogP contribution in [-0.4, -0.2) is 0 Å². The summed E-state index contributed by atoms with van der Waals surface area (Å²) in [7, 11) is 0. The molecule has 0 aliphatic carbocycles. The number of unbranched alkanes of at least 4 members (excludes halogenated alkanes) is 1. The van der Waals surface area contributed by atoms with Crippen molar-refractivity contribution in [3.63, 3.8) is 0 Å². The lowest BCUT2D eigenvalue weighted by molar-refractivity contribution is -0.189. The lowest BCUT2D eigenvalue weighted by Crippen LogP contribution is -2.25. The van der Waals surface area contributed by atoms with Crippen LogP contribution in [0.5, 0.6) is 5.75 Å². The molecular weight excluding hydrogens is 602 g/mol. The van der Waals surface area contributed by atoms with Gasteiger partial charge in [-0.1, -0.05) is 37.0 Å². The molecule has 0 spiro atoms. The molecule has 1 nitrogen and oxygen atoms in total. The molecular formula is C33H18F10O. The summed E-state index contributed by atoms with van der Waals surface area (Å²) < 4.78 is 146. The van der Waals surface area contributed by atoms with E-state index in [1.807, 2.05) is 6.92 Å². The van der Waals surface area contributed by atoms with Crippen LogP contribution in [0.25, 0.3) is 0 Å². The van der Waals surface area contributed by atoms with E-state index in [1.54, 1.807) is 0 Å². The molecule has 0 atom stereocenters. The van der Waals surface area contributed by atoms with E-state index in [0.29, 0.717) is 48.7 Å². The summed E-state index contributed by atoms with van der Waals surface area (Å²) in [6.45, 7) is 1.91. The van der Waals surface area contributed by atoms with Crippen LogP contribution >= 0.6 is 0 Å². The molecule has 0 aromatic heterocycles. The summed E-state index contributed by atoms with van der Waals surface area (Å²) >= 11 is 0. The largest absolute Gasteiger partial charge is 0.432 e. The fraction of sp³-hybridized carbons (Fsp3) is 0.152. The van der Waals surface area contributed by atoms with E-state index in [2.05, 4.69) is 28.4 Å². The Bertz CT molecular complexity index is 1790. The standard InChI is InChI=1S/C33H18F10O/c1-2-3-4-18-11-25(35)23(26(36)12-18)10-6-20-13-27(37)31(28(38)14-20)33(42,43)44-22-9-8-21(24(34)17-22)7-5-19-15-29(39)32(41)30(40)16-19/h8-9,11-17H,2-4H2,1H3. The van der Waals surface area contributed by atoms with Crippen molar-refractivity contribution in [3.05, 3.63) is 135 Å². The topological polar surface area (TPSA) is 9.23 Å². The number of aryl methyl sites for hydroxylation is 1. The third-order valence-electron chi connectivity index (χ3n) is 6.10. The molecule has 0 bridgehead atoms. The molecule has 0 amide bonds. The van der Waals surface area contributed by atoms with Crippen LogP contribution in [0, 0.1) is 70.2 Å². The van der Waals surface area contributed by atoms with Gasteiger partial charge >= 0.3 is 6.11 Å². The molecule has 4 rings (SSSR count). The van der Waals surface area contributed by atoms with Crippen molar-refractivity contribution in [3.8, 4) is 29.4 Å². The third-order valence-corrected chi connectivity index (χ3v) is 6.10. The molecule has 4 aromatic rings. The Morgan fingerprint density at radius 2 is 1.16 bits per heavy atom. The number of rotatable bonds is 6. The van der Waals surface area contributed by atoms with Gasteiger partial charge in [0.1, 0.15) is 40.4 Å². The lowest BCUT2D eigenvalue weighted by Gasteiger charge is -2.19. The van der Waals surface area contributed by atoms with Crippen molar-refractivity contribution in [2.75, 3.05) is 0 Å². The quantitative estimate of drug-likeness (QED) is 0.119. The summed E-state index contributed by atoms with van der Waals surface area (Å²) in [5.74, 6) is -3.88. The van der Waals surface area contributed by atoms with Gasteiger partial charge in [0.25, 0.3) is 0 Å². The van der Waals surface area contributed by atoms with Crippen molar-refractivity contribution in [2.45, 2.75) is 32.3 Å². The zero-order valence-corrected chi connectivity index (χ0v) is 22.5. The molecule has 0 fully saturated rings. The van der Waals surface area contributed by atoms with Crippen LogP contribution in [0.15, 0.2) is 54.6 Å². The minimum Gasteiger partial charge on any atom is -0.429 e. The predicted octanol–water partition coefficient (Wildman–Crippen LogP) is 9.07. The van der Waals surface area contributed by atoms with Crippen LogP contribution in [0.2, 0.25) is 0 Å². The van der Waals surface area contributed by atoms with Gasteiger partial charge in [-0.3, -0.25) is 0 Å². The highest BCUT2D eigenvalue weighted by Gasteiger charge is 2.41. The maximum Gasteiger partial charge on any atom is 0.432 e. The maximum absolute atomic E-state index is 14.8. The van der Waals surface area contributed by atoms with E-state index < -0.39 is 80.6 Å². The Balaban J connectivity index is 1.55. The first-order valence-corrected chi connectivity index (χ1v) is 12.8. The summed E-state index contributed by atoms with van der Waals surface area (Å²) in [6.07, 6.45) is -2.74. The summed E-state index contributed by atoms with van der Waals surface area (Å²) in [6, 6.07) is 6.18. The highest BCUT2D eigenvalue weighted by atomic mass is 19.3. The molecule has 226 valence electrons. The fourth-order valence-corrected chi connectivity index (χ4v) is 3.96. The third kappa shape index (κ3) is 7.35. The van der Waals surface area contributed by atoms with Gasteiger partial charge in [0.15, 0.2) is 17.5 Å². The molecule has 11 heteroatoms. The van der Waals surface area contributed by atoms with Gasteiger partial charge in [-0.05, 0) is 66.9 Å². The molecule has 0 aliphatic rings. The van der Waals surface area contributed by atoms with Crippen LogP contribution in [0.1, 0.15) is 53.1 Å². The number of halogens is 10. The first-order valence-electron chi connectivity index (χ1n) is 12.8. The number of hydrogen-bond donors (Lipinski definition) is 0. The first-order chi connectivity index (χ1) is 20.8. The number of benzene rings is 4. The SMILES string of the molecule is CCCCc1cc(F)c(C#Cc2cc(F)c(C(F)(F)Oc3ccc(C#Cc4cc(F)c(F)c(F)c4)c(F)c3)c(F)c2)c(F)c1. The zero-order chi connectivity index (χ0) is 32.2. The van der Waals surface area contributed by atoms with Crippen molar-refractivity contribution < 1.29 is 48.6 Å². The molecule has 0 radical (unpaired) electrons. The Labute approximate surface area is 245 Å². The second-order valence-corrected chi connectivity index (χ2v) is 9.37. The van der Waals surface area contributed by atoms with E-state index in [9.17, 15) is 43.9 Å². The van der Waals surface area contributed by atoms with Crippen LogP contribution in [-0.2, 0) is 12.5 Å². The Morgan fingerprint density at radius 1 is 0.614 bits per heavy atom.